The number of pyridine rings is 1. The van der Waals surface area contributed by atoms with Gasteiger partial charge in [0.1, 0.15) is 5.82 Å². The van der Waals surface area contributed by atoms with Crippen LogP contribution in [-0.2, 0) is 17.0 Å². The number of carbonyl (C=O) groups excluding carboxylic acids is 1. The molecule has 5 nitrogen and oxygen atoms in total. The van der Waals surface area contributed by atoms with Gasteiger partial charge in [-0.05, 0) is 32.4 Å². The molecule has 9 heteroatoms. The minimum absolute atomic E-state index is 0.158. The monoisotopic (exact) mass is 349 g/mol. The molecule has 23 heavy (non-hydrogen) atoms. The maximum Gasteiger partial charge on any atom is 0.416 e. The molecule has 0 aromatic carbocycles. The summed E-state index contributed by atoms with van der Waals surface area (Å²) in [6, 6.07) is 1.09. The molecule has 1 unspecified atom stereocenters. The van der Waals surface area contributed by atoms with Crippen LogP contribution in [0.3, 0.4) is 0 Å². The van der Waals surface area contributed by atoms with Crippen molar-refractivity contribution in [3.63, 3.8) is 0 Å². The maximum atomic E-state index is 12.7. The van der Waals surface area contributed by atoms with E-state index in [0.717, 1.165) is 18.3 Å². The first kappa shape index (κ1) is 17.7. The van der Waals surface area contributed by atoms with Gasteiger partial charge in [-0.15, -0.1) is 0 Å². The van der Waals surface area contributed by atoms with E-state index in [2.05, 4.69) is 10.3 Å². The zero-order valence-corrected chi connectivity index (χ0v) is 13.6. The van der Waals surface area contributed by atoms with Gasteiger partial charge in [-0.2, -0.15) is 13.2 Å². The third-order valence-electron chi connectivity index (χ3n) is 3.76. The lowest BCUT2D eigenvalue weighted by atomic mass is 10.1. The van der Waals surface area contributed by atoms with Gasteiger partial charge >= 0.3 is 12.2 Å². The van der Waals surface area contributed by atoms with Crippen LogP contribution < -0.4 is 5.32 Å². The minimum atomic E-state index is -4.49. The molecule has 2 amide bonds. The number of hydrogen-bond donors (Lipinski definition) is 1. The van der Waals surface area contributed by atoms with Gasteiger partial charge in [0.15, 0.2) is 0 Å². The van der Waals surface area contributed by atoms with Gasteiger partial charge in [-0.3, -0.25) is 9.53 Å². The van der Waals surface area contributed by atoms with Crippen LogP contribution in [0.5, 0.6) is 0 Å². The fourth-order valence-electron chi connectivity index (χ4n) is 2.17. The highest BCUT2D eigenvalue weighted by atomic mass is 32.2. The van der Waals surface area contributed by atoms with Crippen LogP contribution in [0.1, 0.15) is 25.8 Å². The van der Waals surface area contributed by atoms with Crippen LogP contribution in [0.15, 0.2) is 18.3 Å². The van der Waals surface area contributed by atoms with Gasteiger partial charge in [-0.1, -0.05) is 0 Å². The Hall–Kier alpha value is -1.64. The number of rotatable bonds is 1. The molecule has 1 atom stereocenters. The van der Waals surface area contributed by atoms with Crippen LogP contribution in [0, 0.1) is 0 Å². The Morgan fingerprint density at radius 3 is 2.74 bits per heavy atom. The minimum Gasteiger partial charge on any atom is -0.324 e. The summed E-state index contributed by atoms with van der Waals surface area (Å²) in [6.45, 7) is 4.43. The van der Waals surface area contributed by atoms with Crippen molar-refractivity contribution in [2.24, 2.45) is 0 Å². The molecule has 1 saturated heterocycles. The summed E-state index contributed by atoms with van der Waals surface area (Å²) in [5.41, 5.74) is -0.874. The number of nitrogens with one attached hydrogen (secondary N) is 1. The summed E-state index contributed by atoms with van der Waals surface area (Å²) in [6.07, 6.45) is -2.94. The zero-order chi connectivity index (χ0) is 17.3. The SMILES string of the molecule is CC1(C)CCN(C(=O)Nc2cc(C(F)(F)F)ccn2)CCS1=O. The number of carbonyl (C=O) groups is 1. The number of halogens is 3. The van der Waals surface area contributed by atoms with E-state index in [4.69, 9.17) is 0 Å². The Morgan fingerprint density at radius 1 is 1.39 bits per heavy atom. The fraction of sp³-hybridized carbons (Fsp3) is 0.571. The van der Waals surface area contributed by atoms with Crippen molar-refractivity contribution in [1.29, 1.82) is 0 Å². The van der Waals surface area contributed by atoms with E-state index in [-0.39, 0.29) is 10.6 Å². The third kappa shape index (κ3) is 4.43. The van der Waals surface area contributed by atoms with Gasteiger partial charge in [0, 0.05) is 40.6 Å². The third-order valence-corrected chi connectivity index (χ3v) is 5.75. The van der Waals surface area contributed by atoms with Crippen molar-refractivity contribution in [2.75, 3.05) is 24.2 Å². The first-order chi connectivity index (χ1) is 10.6. The van der Waals surface area contributed by atoms with Crippen molar-refractivity contribution >= 4 is 22.6 Å². The average Bonchev–Trinajstić information content (AvgIpc) is 2.58. The van der Waals surface area contributed by atoms with Crippen LogP contribution in [0.2, 0.25) is 0 Å². The molecule has 1 N–H and O–H groups in total. The van der Waals surface area contributed by atoms with E-state index in [1.54, 1.807) is 0 Å². The lowest BCUT2D eigenvalue weighted by Gasteiger charge is -2.22. The number of aromatic nitrogens is 1. The Balaban J connectivity index is 2.06. The van der Waals surface area contributed by atoms with Gasteiger partial charge in [-0.25, -0.2) is 9.78 Å². The summed E-state index contributed by atoms with van der Waals surface area (Å²) in [5.74, 6) is 0.186. The second kappa shape index (κ2) is 6.46. The standard InChI is InChI=1S/C14H18F3N3O2S/c1-13(2)4-6-20(7-8-23(13)22)12(21)19-11-9-10(3-5-18-11)14(15,16)17/h3,5,9H,4,6-8H2,1-2H3,(H,18,19,21). The van der Waals surface area contributed by atoms with Gasteiger partial charge in [0.2, 0.25) is 0 Å². The average molecular weight is 349 g/mol. The first-order valence-corrected chi connectivity index (χ1v) is 8.39. The number of hydrogen-bond acceptors (Lipinski definition) is 3. The molecule has 1 fully saturated rings. The topological polar surface area (TPSA) is 62.3 Å². The smallest absolute Gasteiger partial charge is 0.324 e. The summed E-state index contributed by atoms with van der Waals surface area (Å²) >= 11 is 0. The highest BCUT2D eigenvalue weighted by Crippen LogP contribution is 2.30. The van der Waals surface area contributed by atoms with Crippen molar-refractivity contribution < 1.29 is 22.2 Å². The molecule has 0 spiro atoms. The molecular formula is C14H18F3N3O2S. The number of nitrogens with zero attached hydrogens (tertiary/aromatic N) is 2. The van der Waals surface area contributed by atoms with E-state index in [0.29, 0.717) is 25.3 Å². The van der Waals surface area contributed by atoms with E-state index in [1.807, 2.05) is 13.8 Å². The first-order valence-electron chi connectivity index (χ1n) is 7.07. The van der Waals surface area contributed by atoms with Gasteiger partial charge in [0.25, 0.3) is 0 Å². The molecule has 2 rings (SSSR count). The normalized spacial score (nSPS) is 21.6. The maximum absolute atomic E-state index is 12.7. The van der Waals surface area contributed by atoms with Gasteiger partial charge < -0.3 is 4.90 Å². The number of anilines is 1. The van der Waals surface area contributed by atoms with E-state index in [9.17, 15) is 22.2 Å². The molecule has 2 heterocycles. The molecular weight excluding hydrogens is 331 g/mol. The van der Waals surface area contributed by atoms with Crippen LogP contribution in [0.4, 0.5) is 23.8 Å². The quantitative estimate of drug-likeness (QED) is 0.848. The molecule has 0 saturated carbocycles. The predicted octanol–water partition coefficient (Wildman–Crippen LogP) is 2.87. The molecule has 128 valence electrons. The number of urea groups is 1. The van der Waals surface area contributed by atoms with Crippen molar-refractivity contribution in [1.82, 2.24) is 9.88 Å². The molecule has 0 radical (unpaired) electrons. The molecule has 1 aromatic heterocycles. The highest BCUT2D eigenvalue weighted by Gasteiger charge is 2.32. The lowest BCUT2D eigenvalue weighted by Crippen LogP contribution is -2.37. The van der Waals surface area contributed by atoms with Crippen molar-refractivity contribution in [2.45, 2.75) is 31.2 Å². The second-order valence-corrected chi connectivity index (χ2v) is 8.11. The number of amides is 2. The van der Waals surface area contributed by atoms with Crippen molar-refractivity contribution in [3.8, 4) is 0 Å². The fourth-order valence-corrected chi connectivity index (χ4v) is 3.42. The summed E-state index contributed by atoms with van der Waals surface area (Å²) in [5, 5.41) is 2.37. The molecule has 0 aliphatic carbocycles. The molecule has 0 bridgehead atoms. The Bertz CT molecular complexity index is 620. The van der Waals surface area contributed by atoms with E-state index in [1.165, 1.54) is 4.90 Å². The summed E-state index contributed by atoms with van der Waals surface area (Å²) in [7, 11) is -1.05. The van der Waals surface area contributed by atoms with Gasteiger partial charge in [0.05, 0.1) is 5.56 Å². The van der Waals surface area contributed by atoms with Crippen molar-refractivity contribution in [3.05, 3.63) is 23.9 Å². The Kier molecular flexibility index (Phi) is 4.98. The molecule has 1 aliphatic heterocycles. The van der Waals surface area contributed by atoms with Crippen LogP contribution >= 0.6 is 0 Å². The van der Waals surface area contributed by atoms with E-state index >= 15 is 0 Å². The Labute approximate surface area is 134 Å². The lowest BCUT2D eigenvalue weighted by molar-refractivity contribution is -0.137. The zero-order valence-electron chi connectivity index (χ0n) is 12.8. The molecule has 1 aliphatic rings. The number of alkyl halides is 3. The van der Waals surface area contributed by atoms with Crippen LogP contribution in [-0.4, -0.2) is 43.7 Å². The Morgan fingerprint density at radius 2 is 2.09 bits per heavy atom. The second-order valence-electron chi connectivity index (χ2n) is 5.90. The van der Waals surface area contributed by atoms with Crippen LogP contribution in [0.25, 0.3) is 0 Å². The van der Waals surface area contributed by atoms with E-state index < -0.39 is 28.6 Å². The predicted molar refractivity (Wildman–Crippen MR) is 81.5 cm³/mol. The molecule has 1 aromatic rings. The summed E-state index contributed by atoms with van der Waals surface area (Å²) < 4.78 is 49.6. The largest absolute Gasteiger partial charge is 0.416 e. The highest BCUT2D eigenvalue weighted by molar-refractivity contribution is 7.86. The summed E-state index contributed by atoms with van der Waals surface area (Å²) in [4.78, 5) is 17.4.